The first kappa shape index (κ1) is 14.9. The van der Waals surface area contributed by atoms with Crippen LogP contribution in [0.25, 0.3) is 0 Å². The first-order valence-corrected chi connectivity index (χ1v) is 7.71. The summed E-state index contributed by atoms with van der Waals surface area (Å²) in [6.45, 7) is 4.39. The van der Waals surface area contributed by atoms with Gasteiger partial charge in [0.05, 0.1) is 6.04 Å². The Kier molecular flexibility index (Phi) is 5.49. The van der Waals surface area contributed by atoms with Crippen LogP contribution in [0.3, 0.4) is 0 Å². The highest BCUT2D eigenvalue weighted by Gasteiger charge is 2.10. The van der Waals surface area contributed by atoms with E-state index in [2.05, 4.69) is 55.6 Å². The van der Waals surface area contributed by atoms with Crippen LogP contribution in [-0.2, 0) is 6.42 Å². The van der Waals surface area contributed by atoms with Gasteiger partial charge in [-0.25, -0.2) is 0 Å². The lowest BCUT2D eigenvalue weighted by molar-refractivity contribution is 0.677. The predicted octanol–water partition coefficient (Wildman–Crippen LogP) is 5.86. The van der Waals surface area contributed by atoms with Crippen molar-refractivity contribution >= 4 is 17.3 Å². The molecule has 0 aliphatic rings. The third-order valence-electron chi connectivity index (χ3n) is 3.55. The van der Waals surface area contributed by atoms with Crippen molar-refractivity contribution in [2.45, 2.75) is 39.2 Å². The van der Waals surface area contributed by atoms with Gasteiger partial charge in [0.1, 0.15) is 0 Å². The van der Waals surface area contributed by atoms with E-state index in [0.29, 0.717) is 6.04 Å². The van der Waals surface area contributed by atoms with Crippen molar-refractivity contribution in [2.75, 3.05) is 5.32 Å². The molecule has 0 saturated carbocycles. The highest BCUT2D eigenvalue weighted by Crippen LogP contribution is 2.25. The number of anilines is 1. The summed E-state index contributed by atoms with van der Waals surface area (Å²) in [6.07, 6.45) is 3.33. The number of hydrogen-bond donors (Lipinski definition) is 1. The van der Waals surface area contributed by atoms with Gasteiger partial charge in [-0.1, -0.05) is 56.1 Å². The molecule has 2 rings (SSSR count). The normalized spacial score (nSPS) is 12.2. The summed E-state index contributed by atoms with van der Waals surface area (Å²) in [7, 11) is 0. The second-order valence-electron chi connectivity index (χ2n) is 5.09. The van der Waals surface area contributed by atoms with Gasteiger partial charge in [-0.05, 0) is 48.2 Å². The molecule has 2 aromatic rings. The largest absolute Gasteiger partial charge is 0.378 e. The lowest BCUT2D eigenvalue weighted by atomic mass is 10.0. The molecule has 0 spiro atoms. The number of hydrogen-bond acceptors (Lipinski definition) is 1. The van der Waals surface area contributed by atoms with Crippen LogP contribution in [0.1, 0.15) is 43.9 Å². The van der Waals surface area contributed by atoms with E-state index in [-0.39, 0.29) is 0 Å². The molecule has 0 radical (unpaired) electrons. The zero-order chi connectivity index (χ0) is 14.4. The second kappa shape index (κ2) is 7.35. The predicted molar refractivity (Wildman–Crippen MR) is 88.5 cm³/mol. The molecule has 2 aromatic carbocycles. The van der Waals surface area contributed by atoms with E-state index < -0.39 is 0 Å². The number of halogens is 1. The lowest BCUT2D eigenvalue weighted by Gasteiger charge is -2.20. The molecule has 20 heavy (non-hydrogen) atoms. The summed E-state index contributed by atoms with van der Waals surface area (Å²) in [4.78, 5) is 0. The number of benzene rings is 2. The maximum absolute atomic E-state index is 5.97. The molecule has 1 atom stereocenters. The maximum atomic E-state index is 5.97. The highest BCUT2D eigenvalue weighted by atomic mass is 35.5. The number of rotatable bonds is 6. The van der Waals surface area contributed by atoms with Gasteiger partial charge in [0.2, 0.25) is 0 Å². The van der Waals surface area contributed by atoms with Crippen LogP contribution in [0.15, 0.2) is 48.5 Å². The second-order valence-corrected chi connectivity index (χ2v) is 5.52. The molecule has 0 aliphatic carbocycles. The van der Waals surface area contributed by atoms with Gasteiger partial charge >= 0.3 is 0 Å². The van der Waals surface area contributed by atoms with E-state index >= 15 is 0 Å². The molecular formula is C18H22ClN. The highest BCUT2D eigenvalue weighted by molar-refractivity contribution is 6.30. The molecule has 1 nitrogen and oxygen atoms in total. The van der Waals surface area contributed by atoms with Gasteiger partial charge in [-0.3, -0.25) is 0 Å². The van der Waals surface area contributed by atoms with Gasteiger partial charge in [0, 0.05) is 10.7 Å². The smallest absolute Gasteiger partial charge is 0.0513 e. The number of nitrogens with one attached hydrogen (secondary N) is 1. The Morgan fingerprint density at radius 1 is 0.950 bits per heavy atom. The lowest BCUT2D eigenvalue weighted by Crippen LogP contribution is -2.10. The summed E-state index contributed by atoms with van der Waals surface area (Å²) in [6, 6.07) is 17.2. The van der Waals surface area contributed by atoms with Crippen LogP contribution in [0.4, 0.5) is 5.69 Å². The summed E-state index contributed by atoms with van der Waals surface area (Å²) in [5.41, 5.74) is 3.83. The van der Waals surface area contributed by atoms with Gasteiger partial charge in [0.15, 0.2) is 0 Å². The average molecular weight is 288 g/mol. The molecular weight excluding hydrogens is 266 g/mol. The first-order chi connectivity index (χ1) is 9.72. The maximum Gasteiger partial charge on any atom is 0.0513 e. The van der Waals surface area contributed by atoms with Crippen molar-refractivity contribution in [1.29, 1.82) is 0 Å². The van der Waals surface area contributed by atoms with Crippen LogP contribution >= 0.6 is 11.6 Å². The van der Waals surface area contributed by atoms with Crippen molar-refractivity contribution in [3.05, 3.63) is 64.7 Å². The summed E-state index contributed by atoms with van der Waals surface area (Å²) < 4.78 is 0. The molecule has 0 fully saturated rings. The minimum atomic E-state index is 0.338. The Morgan fingerprint density at radius 3 is 2.15 bits per heavy atom. The Balaban J connectivity index is 2.13. The first-order valence-electron chi connectivity index (χ1n) is 7.34. The minimum absolute atomic E-state index is 0.338. The van der Waals surface area contributed by atoms with Crippen LogP contribution < -0.4 is 5.32 Å². The molecule has 1 unspecified atom stereocenters. The van der Waals surface area contributed by atoms with E-state index in [1.54, 1.807) is 0 Å². The van der Waals surface area contributed by atoms with Crippen LogP contribution in [0.2, 0.25) is 5.02 Å². The van der Waals surface area contributed by atoms with Crippen LogP contribution in [-0.4, -0.2) is 0 Å². The van der Waals surface area contributed by atoms with E-state index in [1.165, 1.54) is 16.8 Å². The molecule has 2 heteroatoms. The summed E-state index contributed by atoms with van der Waals surface area (Å²) in [5.74, 6) is 0. The summed E-state index contributed by atoms with van der Waals surface area (Å²) >= 11 is 5.97. The van der Waals surface area contributed by atoms with Crippen LogP contribution in [0.5, 0.6) is 0 Å². The Hall–Kier alpha value is -1.47. The zero-order valence-corrected chi connectivity index (χ0v) is 13.0. The van der Waals surface area contributed by atoms with E-state index in [4.69, 9.17) is 11.6 Å². The fourth-order valence-electron chi connectivity index (χ4n) is 2.34. The zero-order valence-electron chi connectivity index (χ0n) is 12.2. The third kappa shape index (κ3) is 4.01. The van der Waals surface area contributed by atoms with E-state index in [9.17, 15) is 0 Å². The van der Waals surface area contributed by atoms with Crippen LogP contribution in [0, 0.1) is 0 Å². The molecule has 106 valence electrons. The fourth-order valence-corrected chi connectivity index (χ4v) is 2.47. The van der Waals surface area contributed by atoms with Crippen molar-refractivity contribution in [1.82, 2.24) is 0 Å². The van der Waals surface area contributed by atoms with E-state index in [1.807, 2.05) is 12.1 Å². The molecule has 1 N–H and O–H groups in total. The average Bonchev–Trinajstić information content (AvgIpc) is 2.48. The standard InChI is InChI=1S/C18H22ClN/c1-3-5-18(15-8-10-16(19)11-9-15)20-17-12-6-14(4-2)7-13-17/h6-13,18,20H,3-5H2,1-2H3. The summed E-state index contributed by atoms with van der Waals surface area (Å²) in [5, 5.41) is 4.41. The monoisotopic (exact) mass is 287 g/mol. The van der Waals surface area contributed by atoms with Crippen molar-refractivity contribution in [2.24, 2.45) is 0 Å². The quantitative estimate of drug-likeness (QED) is 0.702. The van der Waals surface area contributed by atoms with E-state index in [0.717, 1.165) is 24.3 Å². The SMILES string of the molecule is CCCC(Nc1ccc(CC)cc1)c1ccc(Cl)cc1. The Bertz CT molecular complexity index is 516. The molecule has 0 aromatic heterocycles. The molecule has 0 saturated heterocycles. The fraction of sp³-hybridized carbons (Fsp3) is 0.333. The van der Waals surface area contributed by atoms with Gasteiger partial charge in [-0.15, -0.1) is 0 Å². The molecule has 0 amide bonds. The number of aryl methyl sites for hydroxylation is 1. The van der Waals surface area contributed by atoms with Gasteiger partial charge < -0.3 is 5.32 Å². The third-order valence-corrected chi connectivity index (χ3v) is 3.80. The van der Waals surface area contributed by atoms with Gasteiger partial charge in [0.25, 0.3) is 0 Å². The Labute approximate surface area is 127 Å². The van der Waals surface area contributed by atoms with Crippen molar-refractivity contribution in [3.8, 4) is 0 Å². The molecule has 0 heterocycles. The molecule has 0 aliphatic heterocycles. The topological polar surface area (TPSA) is 12.0 Å². The Morgan fingerprint density at radius 2 is 1.60 bits per heavy atom. The minimum Gasteiger partial charge on any atom is -0.378 e. The molecule has 0 bridgehead atoms. The van der Waals surface area contributed by atoms with Crippen molar-refractivity contribution in [3.63, 3.8) is 0 Å². The van der Waals surface area contributed by atoms with Gasteiger partial charge in [-0.2, -0.15) is 0 Å². The van der Waals surface area contributed by atoms with Crippen molar-refractivity contribution < 1.29 is 0 Å².